The summed E-state index contributed by atoms with van der Waals surface area (Å²) in [6.45, 7) is 0. The van der Waals surface area contributed by atoms with E-state index in [4.69, 9.17) is 18.8 Å². The van der Waals surface area contributed by atoms with Crippen LogP contribution in [0.25, 0.3) is 0 Å². The van der Waals surface area contributed by atoms with Gasteiger partial charge in [0.2, 0.25) is 0 Å². The van der Waals surface area contributed by atoms with E-state index in [1.54, 1.807) is 0 Å². The molecule has 0 rings (SSSR count). The third kappa shape index (κ3) is 9.26. The molecule has 0 N–H and O–H groups in total. The molecule has 0 aromatic rings. The molecule has 0 atom stereocenters. The van der Waals surface area contributed by atoms with Crippen LogP contribution in [0, 0.1) is 0 Å². The minimum atomic E-state index is -1.51. The van der Waals surface area contributed by atoms with E-state index >= 15 is 0 Å². The van der Waals surface area contributed by atoms with Crippen molar-refractivity contribution >= 4 is 32.1 Å². The third-order valence-corrected chi connectivity index (χ3v) is 0. The first kappa shape index (κ1) is 5.75. The van der Waals surface area contributed by atoms with Crippen LogP contribution in [0.2, 0.25) is 0 Å². The molecule has 0 saturated carbocycles. The Balaban J connectivity index is 2.32. The van der Waals surface area contributed by atoms with Gasteiger partial charge in [0, 0.05) is 0 Å². The molecule has 0 aliphatic carbocycles. The second-order valence-electron chi connectivity index (χ2n) is 0.136. The van der Waals surface area contributed by atoms with E-state index in [0.717, 1.165) is 0 Å². The van der Waals surface area contributed by atoms with Crippen molar-refractivity contribution in [1.82, 2.24) is 0 Å². The van der Waals surface area contributed by atoms with E-state index in [9.17, 15) is 0 Å². The zero-order valence-corrected chi connectivity index (χ0v) is 6.82. The SMILES string of the molecule is [Cl][Pt]([Cl])[Br]. The summed E-state index contributed by atoms with van der Waals surface area (Å²) in [5.41, 5.74) is 0. The molecule has 0 aromatic heterocycles. The second-order valence-corrected chi connectivity index (χ2v) is 14.9. The fourth-order valence-electron chi connectivity index (χ4n) is 0. The molecule has 0 heterocycles. The van der Waals surface area contributed by atoms with Gasteiger partial charge in [0.15, 0.2) is 0 Å². The predicted octanol–water partition coefficient (Wildman–Crippen LogP) is 2.22. The van der Waals surface area contributed by atoms with Gasteiger partial charge in [-0.2, -0.15) is 0 Å². The molecular weight excluding hydrogens is 346 g/mol. The van der Waals surface area contributed by atoms with Crippen LogP contribution in [0.4, 0.5) is 0 Å². The van der Waals surface area contributed by atoms with Gasteiger partial charge in [-0.25, -0.2) is 0 Å². The Morgan fingerprint density at radius 3 is 1.50 bits per heavy atom. The first-order valence-electron chi connectivity index (χ1n) is 0.359. The summed E-state index contributed by atoms with van der Waals surface area (Å²) in [5.74, 6) is 0. The number of rotatable bonds is 0. The van der Waals surface area contributed by atoms with Gasteiger partial charge in [-0.3, -0.25) is 0 Å². The average Bonchev–Trinajstić information content (AvgIpc) is 0.811. The van der Waals surface area contributed by atoms with Crippen LogP contribution in [0.3, 0.4) is 0 Å². The number of halogens is 3. The normalized spacial score (nSPS) is 11.2. The third-order valence-electron chi connectivity index (χ3n) is 0. The van der Waals surface area contributed by atoms with Crippen molar-refractivity contribution < 1.29 is 13.2 Å². The van der Waals surface area contributed by atoms with E-state index < -0.39 is 13.2 Å². The van der Waals surface area contributed by atoms with Crippen molar-refractivity contribution in [1.29, 1.82) is 0 Å². The molecule has 0 radical (unpaired) electrons. The van der Waals surface area contributed by atoms with Gasteiger partial charge in [0.1, 0.15) is 0 Å². The molecular formula is BrCl2Pt. The fraction of sp³-hybridized carbons (Fsp3) is 0. The Kier molecular flexibility index (Phi) is 4.25. The summed E-state index contributed by atoms with van der Waals surface area (Å²) in [5, 5.41) is 0. The molecule has 0 saturated heterocycles. The first-order valence-corrected chi connectivity index (χ1v) is 11.0. The molecule has 0 aliphatic rings. The molecule has 0 amide bonds. The van der Waals surface area contributed by atoms with Crippen LogP contribution in [-0.4, -0.2) is 0 Å². The molecule has 0 unspecified atom stereocenters. The van der Waals surface area contributed by atoms with Crippen LogP contribution in [0.15, 0.2) is 0 Å². The van der Waals surface area contributed by atoms with Crippen LogP contribution >= 0.6 is 32.1 Å². The zero-order valence-electron chi connectivity index (χ0n) is 1.45. The van der Waals surface area contributed by atoms with Crippen molar-refractivity contribution in [2.45, 2.75) is 0 Å². The Labute approximate surface area is 45.0 Å². The van der Waals surface area contributed by atoms with Crippen molar-refractivity contribution in [2.24, 2.45) is 0 Å². The monoisotopic (exact) mass is 344 g/mol. The maximum absolute atomic E-state index is 5.11. The van der Waals surface area contributed by atoms with Crippen LogP contribution in [0.5, 0.6) is 0 Å². The van der Waals surface area contributed by atoms with E-state index in [1.165, 1.54) is 0 Å². The topological polar surface area (TPSA) is 0 Å². The molecule has 0 spiro atoms. The molecule has 4 heteroatoms. The van der Waals surface area contributed by atoms with E-state index in [2.05, 4.69) is 13.3 Å². The maximum atomic E-state index is 5.11. The van der Waals surface area contributed by atoms with Gasteiger partial charge < -0.3 is 0 Å². The molecule has 0 nitrogen and oxygen atoms in total. The first-order chi connectivity index (χ1) is 1.73. The summed E-state index contributed by atoms with van der Waals surface area (Å²) >= 11 is 1.45. The second kappa shape index (κ2) is 2.96. The Bertz CT molecular complexity index is 10.8. The van der Waals surface area contributed by atoms with Crippen molar-refractivity contribution in [3.8, 4) is 0 Å². The zero-order chi connectivity index (χ0) is 3.58. The van der Waals surface area contributed by atoms with Gasteiger partial charge in [-0.15, -0.1) is 0 Å². The summed E-state index contributed by atoms with van der Waals surface area (Å²) < 4.78 is 0. The van der Waals surface area contributed by atoms with Crippen LogP contribution in [0.1, 0.15) is 0 Å². The van der Waals surface area contributed by atoms with E-state index in [1.807, 2.05) is 0 Å². The van der Waals surface area contributed by atoms with Crippen LogP contribution in [-0.2, 0) is 13.2 Å². The van der Waals surface area contributed by atoms with Crippen molar-refractivity contribution in [2.75, 3.05) is 0 Å². The number of hydrogen-bond donors (Lipinski definition) is 0. The molecule has 31 valence electrons. The number of hydrogen-bond acceptors (Lipinski definition) is 0. The quantitative estimate of drug-likeness (QED) is 0.631. The Hall–Kier alpha value is 1.75. The van der Waals surface area contributed by atoms with Crippen molar-refractivity contribution in [3.05, 3.63) is 0 Å². The van der Waals surface area contributed by atoms with Gasteiger partial charge in [0.25, 0.3) is 0 Å². The molecule has 0 fully saturated rings. The molecule has 0 bridgehead atoms. The van der Waals surface area contributed by atoms with Gasteiger partial charge in [-0.05, 0) is 0 Å². The van der Waals surface area contributed by atoms with Gasteiger partial charge in [0.05, 0.1) is 0 Å². The predicted molar refractivity (Wildman–Crippen MR) is 20.6 cm³/mol. The van der Waals surface area contributed by atoms with Gasteiger partial charge >= 0.3 is 45.3 Å². The standard InChI is InChI=1S/BrH.2ClH.Pt/h3*1H;/q;;;+3/p-3. The summed E-state index contributed by atoms with van der Waals surface area (Å²) in [4.78, 5) is 0. The summed E-state index contributed by atoms with van der Waals surface area (Å²) in [6.07, 6.45) is 0. The minimum absolute atomic E-state index is 1.51. The summed E-state index contributed by atoms with van der Waals surface area (Å²) in [7, 11) is 10.2. The van der Waals surface area contributed by atoms with Crippen molar-refractivity contribution in [3.63, 3.8) is 0 Å². The van der Waals surface area contributed by atoms with Crippen LogP contribution < -0.4 is 0 Å². The van der Waals surface area contributed by atoms with Gasteiger partial charge in [-0.1, -0.05) is 0 Å². The summed E-state index contributed by atoms with van der Waals surface area (Å²) in [6, 6.07) is 0. The van der Waals surface area contributed by atoms with E-state index in [-0.39, 0.29) is 0 Å². The molecule has 4 heavy (non-hydrogen) atoms. The Morgan fingerprint density at radius 2 is 1.50 bits per heavy atom. The fourth-order valence-corrected chi connectivity index (χ4v) is 0. The molecule has 0 aromatic carbocycles. The molecule has 0 aliphatic heterocycles. The average molecular weight is 346 g/mol. The Morgan fingerprint density at radius 1 is 1.50 bits per heavy atom. The van der Waals surface area contributed by atoms with E-state index in [0.29, 0.717) is 0 Å².